The van der Waals surface area contributed by atoms with Crippen LogP contribution >= 0.6 is 0 Å². The molecule has 1 saturated carbocycles. The smallest absolute Gasteiger partial charge is 0.349 e. The van der Waals surface area contributed by atoms with E-state index in [0.29, 0.717) is 16.0 Å². The molecule has 1 fully saturated rings. The molecule has 1 aromatic carbocycles. The first-order valence-electron chi connectivity index (χ1n) is 9.67. The van der Waals surface area contributed by atoms with Crippen LogP contribution in [0, 0.1) is 5.92 Å². The van der Waals surface area contributed by atoms with Gasteiger partial charge < -0.3 is 5.32 Å². The summed E-state index contributed by atoms with van der Waals surface area (Å²) in [5.41, 5.74) is -0.336. The summed E-state index contributed by atoms with van der Waals surface area (Å²) in [4.78, 5) is 17.2. The van der Waals surface area contributed by atoms with Gasteiger partial charge in [-0.15, -0.1) is 0 Å². The number of nitrogens with one attached hydrogen (secondary N) is 1. The van der Waals surface area contributed by atoms with E-state index in [2.05, 4.69) is 22.3 Å². The van der Waals surface area contributed by atoms with Gasteiger partial charge in [-0.1, -0.05) is 50.1 Å². The number of nitrogens with zero attached hydrogens (tertiary/aromatic N) is 3. The SMILES string of the molecule is C[C@@H]1CCCC[C@@H]1NC(=O)c1cnn2c(C(F)(F)F)cc(-c3ccccc3)nc12. The third-order valence-corrected chi connectivity index (χ3v) is 5.50. The zero-order valence-corrected chi connectivity index (χ0v) is 15.9. The fourth-order valence-corrected chi connectivity index (χ4v) is 3.86. The molecule has 29 heavy (non-hydrogen) atoms. The summed E-state index contributed by atoms with van der Waals surface area (Å²) in [6.45, 7) is 2.08. The van der Waals surface area contributed by atoms with Crippen molar-refractivity contribution in [3.05, 3.63) is 53.9 Å². The van der Waals surface area contributed by atoms with Crippen molar-refractivity contribution in [3.8, 4) is 11.3 Å². The lowest BCUT2D eigenvalue weighted by atomic mass is 9.86. The molecule has 4 rings (SSSR count). The largest absolute Gasteiger partial charge is 0.433 e. The number of amides is 1. The van der Waals surface area contributed by atoms with Crippen LogP contribution in [0.4, 0.5) is 13.2 Å². The molecular weight excluding hydrogens is 381 g/mol. The number of aromatic nitrogens is 3. The maximum Gasteiger partial charge on any atom is 0.433 e. The van der Waals surface area contributed by atoms with E-state index < -0.39 is 17.8 Å². The third-order valence-electron chi connectivity index (χ3n) is 5.50. The first kappa shape index (κ1) is 19.4. The van der Waals surface area contributed by atoms with Crippen molar-refractivity contribution in [2.75, 3.05) is 0 Å². The maximum absolute atomic E-state index is 13.7. The van der Waals surface area contributed by atoms with Crippen LogP contribution < -0.4 is 5.32 Å². The zero-order chi connectivity index (χ0) is 20.6. The van der Waals surface area contributed by atoms with E-state index in [-0.39, 0.29) is 22.9 Å². The minimum absolute atomic E-state index is 0.00518. The van der Waals surface area contributed by atoms with Gasteiger partial charge in [0.2, 0.25) is 0 Å². The van der Waals surface area contributed by atoms with Gasteiger partial charge in [-0.25, -0.2) is 9.50 Å². The fraction of sp³-hybridized carbons (Fsp3) is 0.381. The average Bonchev–Trinajstić information content (AvgIpc) is 3.13. The van der Waals surface area contributed by atoms with Gasteiger partial charge >= 0.3 is 6.18 Å². The minimum atomic E-state index is -4.64. The molecule has 152 valence electrons. The second-order valence-corrected chi connectivity index (χ2v) is 7.53. The van der Waals surface area contributed by atoms with Gasteiger partial charge in [0.15, 0.2) is 11.3 Å². The summed E-state index contributed by atoms with van der Waals surface area (Å²) in [6, 6.07) is 9.55. The Bertz CT molecular complexity index is 1030. The van der Waals surface area contributed by atoms with Gasteiger partial charge in [0.1, 0.15) is 5.56 Å². The van der Waals surface area contributed by atoms with Gasteiger partial charge in [-0.3, -0.25) is 4.79 Å². The summed E-state index contributed by atoms with van der Waals surface area (Å²) >= 11 is 0. The van der Waals surface area contributed by atoms with E-state index in [4.69, 9.17) is 0 Å². The standard InChI is InChI=1S/C21H21F3N4O/c1-13-7-5-6-10-16(13)27-20(29)15-12-25-28-18(21(22,23)24)11-17(26-19(15)28)14-8-3-2-4-9-14/h2-4,8-9,11-13,16H,5-7,10H2,1H3,(H,27,29)/t13-,16+/m1/s1. The summed E-state index contributed by atoms with van der Waals surface area (Å²) in [5, 5.41) is 6.79. The number of benzene rings is 1. The summed E-state index contributed by atoms with van der Waals surface area (Å²) < 4.78 is 41.7. The van der Waals surface area contributed by atoms with Crippen molar-refractivity contribution in [3.63, 3.8) is 0 Å². The molecule has 0 unspecified atom stereocenters. The molecule has 1 aliphatic carbocycles. The van der Waals surface area contributed by atoms with Crippen LogP contribution in [0.2, 0.25) is 0 Å². The van der Waals surface area contributed by atoms with Gasteiger partial charge in [-0.05, 0) is 24.8 Å². The number of rotatable bonds is 3. The topological polar surface area (TPSA) is 59.3 Å². The normalized spacial score (nSPS) is 20.0. The Labute approximate surface area is 166 Å². The van der Waals surface area contributed by atoms with E-state index in [0.717, 1.165) is 37.9 Å². The summed E-state index contributed by atoms with van der Waals surface area (Å²) in [5.74, 6) is -0.113. The van der Waals surface area contributed by atoms with Crippen molar-refractivity contribution in [1.29, 1.82) is 0 Å². The average molecular weight is 402 g/mol. The van der Waals surface area contributed by atoms with E-state index in [1.165, 1.54) is 0 Å². The van der Waals surface area contributed by atoms with Crippen LogP contribution in [-0.2, 0) is 6.18 Å². The third kappa shape index (κ3) is 3.83. The molecule has 2 atom stereocenters. The Balaban J connectivity index is 1.78. The second-order valence-electron chi connectivity index (χ2n) is 7.53. The first-order chi connectivity index (χ1) is 13.8. The molecule has 3 aromatic rings. The van der Waals surface area contributed by atoms with Gasteiger partial charge in [-0.2, -0.15) is 18.3 Å². The zero-order valence-electron chi connectivity index (χ0n) is 15.9. The van der Waals surface area contributed by atoms with E-state index >= 15 is 0 Å². The predicted octanol–water partition coefficient (Wildman–Crippen LogP) is 4.72. The molecule has 1 N–H and O–H groups in total. The van der Waals surface area contributed by atoms with E-state index in [1.54, 1.807) is 30.3 Å². The highest BCUT2D eigenvalue weighted by Gasteiger charge is 2.36. The summed E-state index contributed by atoms with van der Waals surface area (Å²) in [7, 11) is 0. The Morgan fingerprint density at radius 1 is 1.17 bits per heavy atom. The van der Waals surface area contributed by atoms with Crippen molar-refractivity contribution in [1.82, 2.24) is 19.9 Å². The molecule has 0 aliphatic heterocycles. The number of carbonyl (C=O) groups excluding carboxylic acids is 1. The van der Waals surface area contributed by atoms with Crippen LogP contribution in [-0.4, -0.2) is 26.5 Å². The lowest BCUT2D eigenvalue weighted by molar-refractivity contribution is -0.142. The Kier molecular flexibility index (Phi) is 5.02. The second kappa shape index (κ2) is 7.50. The van der Waals surface area contributed by atoms with Gasteiger partial charge in [0, 0.05) is 11.6 Å². The number of hydrogen-bond acceptors (Lipinski definition) is 3. The van der Waals surface area contributed by atoms with Gasteiger partial charge in [0.05, 0.1) is 11.9 Å². The molecule has 2 heterocycles. The van der Waals surface area contributed by atoms with Crippen molar-refractivity contribution in [2.24, 2.45) is 5.92 Å². The lowest BCUT2D eigenvalue weighted by Gasteiger charge is -2.29. The number of fused-ring (bicyclic) bond motifs is 1. The molecule has 5 nitrogen and oxygen atoms in total. The van der Waals surface area contributed by atoms with Gasteiger partial charge in [0.25, 0.3) is 5.91 Å². The Morgan fingerprint density at radius 3 is 2.59 bits per heavy atom. The first-order valence-corrected chi connectivity index (χ1v) is 9.67. The van der Waals surface area contributed by atoms with Crippen LogP contribution in [0.5, 0.6) is 0 Å². The maximum atomic E-state index is 13.7. The molecule has 0 radical (unpaired) electrons. The number of halogens is 3. The Morgan fingerprint density at radius 2 is 1.90 bits per heavy atom. The lowest BCUT2D eigenvalue weighted by Crippen LogP contribution is -2.41. The van der Waals surface area contributed by atoms with Crippen molar-refractivity contribution >= 4 is 11.6 Å². The highest BCUT2D eigenvalue weighted by Crippen LogP contribution is 2.33. The Hall–Kier alpha value is -2.90. The minimum Gasteiger partial charge on any atom is -0.349 e. The van der Waals surface area contributed by atoms with Crippen molar-refractivity contribution in [2.45, 2.75) is 44.8 Å². The van der Waals surface area contributed by atoms with Crippen LogP contribution in [0.25, 0.3) is 16.9 Å². The molecular formula is C21H21F3N4O. The number of alkyl halides is 3. The van der Waals surface area contributed by atoms with Crippen LogP contribution in [0.1, 0.15) is 48.7 Å². The molecule has 0 saturated heterocycles. The van der Waals surface area contributed by atoms with E-state index in [9.17, 15) is 18.0 Å². The molecule has 1 amide bonds. The quantitative estimate of drug-likeness (QED) is 0.689. The molecule has 0 spiro atoms. The van der Waals surface area contributed by atoms with E-state index in [1.807, 2.05) is 0 Å². The number of hydrogen-bond donors (Lipinski definition) is 1. The molecule has 8 heteroatoms. The fourth-order valence-electron chi connectivity index (χ4n) is 3.86. The predicted molar refractivity (Wildman–Crippen MR) is 102 cm³/mol. The molecule has 0 bridgehead atoms. The van der Waals surface area contributed by atoms with Crippen LogP contribution in [0.3, 0.4) is 0 Å². The monoisotopic (exact) mass is 402 g/mol. The van der Waals surface area contributed by atoms with Crippen LogP contribution in [0.15, 0.2) is 42.6 Å². The molecule has 2 aromatic heterocycles. The summed E-state index contributed by atoms with van der Waals surface area (Å²) in [6.07, 6.45) is 0.564. The number of carbonyl (C=O) groups is 1. The highest BCUT2D eigenvalue weighted by molar-refractivity contribution is 6.00. The molecule has 1 aliphatic rings. The van der Waals surface area contributed by atoms with Crippen molar-refractivity contribution < 1.29 is 18.0 Å². The highest BCUT2D eigenvalue weighted by atomic mass is 19.4.